The number of nitrogen functional groups attached to an aromatic ring is 1. The minimum atomic E-state index is 0.593. The predicted molar refractivity (Wildman–Crippen MR) is 88.8 cm³/mol. The van der Waals surface area contributed by atoms with Crippen molar-refractivity contribution in [2.24, 2.45) is 5.92 Å². The number of ether oxygens (including phenoxy) is 1. The molecule has 4 nitrogen and oxygen atoms in total. The molecule has 5 heteroatoms. The molecule has 1 aliphatic rings. The summed E-state index contributed by atoms with van der Waals surface area (Å²) in [6.45, 7) is 2.75. The number of rotatable bonds is 4. The quantitative estimate of drug-likeness (QED) is 0.942. The fourth-order valence-corrected chi connectivity index (χ4v) is 3.66. The lowest BCUT2D eigenvalue weighted by Crippen LogP contribution is -2.30. The van der Waals surface area contributed by atoms with Crippen molar-refractivity contribution in [3.05, 3.63) is 30.3 Å². The van der Waals surface area contributed by atoms with Crippen LogP contribution in [0.4, 0.5) is 10.8 Å². The second-order valence-corrected chi connectivity index (χ2v) is 6.33. The molecule has 1 aromatic heterocycles. The van der Waals surface area contributed by atoms with Crippen LogP contribution in [-0.4, -0.2) is 31.2 Å². The Bertz CT molecular complexity index is 578. The van der Waals surface area contributed by atoms with Gasteiger partial charge in [-0.2, -0.15) is 4.37 Å². The minimum Gasteiger partial charge on any atom is -0.382 e. The first-order chi connectivity index (χ1) is 10.3. The second-order valence-electron chi connectivity index (χ2n) is 5.58. The zero-order valence-electron chi connectivity index (χ0n) is 12.3. The van der Waals surface area contributed by atoms with Gasteiger partial charge in [0.25, 0.3) is 0 Å². The number of nitrogens with two attached hydrogens (primary N) is 1. The van der Waals surface area contributed by atoms with Crippen molar-refractivity contribution < 1.29 is 4.74 Å². The third-order valence-electron chi connectivity index (χ3n) is 3.90. The standard InChI is InChI=1S/C16H21N3OS/c1-19(10-12-6-5-9-20-11-12)16-14(15(17)18-21-16)13-7-3-2-4-8-13/h2-4,7-8,12H,5-6,9-11H2,1H3,(H2,17,18). The Morgan fingerprint density at radius 2 is 2.19 bits per heavy atom. The molecule has 2 aromatic rings. The van der Waals surface area contributed by atoms with E-state index in [1.807, 2.05) is 18.2 Å². The molecule has 21 heavy (non-hydrogen) atoms. The van der Waals surface area contributed by atoms with Crippen LogP contribution in [0.1, 0.15) is 12.8 Å². The molecule has 0 amide bonds. The SMILES string of the molecule is CN(CC1CCCOC1)c1snc(N)c1-c1ccccc1. The van der Waals surface area contributed by atoms with E-state index in [9.17, 15) is 0 Å². The lowest BCUT2D eigenvalue weighted by molar-refractivity contribution is 0.0577. The highest BCUT2D eigenvalue weighted by atomic mass is 32.1. The average Bonchev–Trinajstić information content (AvgIpc) is 2.91. The number of anilines is 2. The van der Waals surface area contributed by atoms with E-state index in [0.717, 1.165) is 42.3 Å². The van der Waals surface area contributed by atoms with E-state index in [1.165, 1.54) is 18.0 Å². The zero-order valence-corrected chi connectivity index (χ0v) is 13.1. The maximum absolute atomic E-state index is 6.09. The minimum absolute atomic E-state index is 0.593. The Morgan fingerprint density at radius 1 is 1.38 bits per heavy atom. The highest BCUT2D eigenvalue weighted by molar-refractivity contribution is 7.11. The molecule has 1 saturated heterocycles. The fourth-order valence-electron chi connectivity index (χ4n) is 2.85. The van der Waals surface area contributed by atoms with Crippen molar-refractivity contribution in [2.75, 3.05) is 37.4 Å². The van der Waals surface area contributed by atoms with Gasteiger partial charge in [0.1, 0.15) is 10.8 Å². The molecule has 1 fully saturated rings. The fraction of sp³-hybridized carbons (Fsp3) is 0.438. The molecule has 0 aliphatic carbocycles. The van der Waals surface area contributed by atoms with E-state index in [-0.39, 0.29) is 0 Å². The van der Waals surface area contributed by atoms with E-state index in [0.29, 0.717) is 11.7 Å². The first kappa shape index (κ1) is 14.4. The highest BCUT2D eigenvalue weighted by Crippen LogP contribution is 2.39. The molecular weight excluding hydrogens is 282 g/mol. The van der Waals surface area contributed by atoms with E-state index < -0.39 is 0 Å². The largest absolute Gasteiger partial charge is 0.382 e. The average molecular weight is 303 g/mol. The van der Waals surface area contributed by atoms with Crippen LogP contribution in [0, 0.1) is 5.92 Å². The van der Waals surface area contributed by atoms with Crippen LogP contribution in [0.3, 0.4) is 0 Å². The molecule has 2 heterocycles. The smallest absolute Gasteiger partial charge is 0.147 e. The number of benzene rings is 1. The van der Waals surface area contributed by atoms with Crippen molar-refractivity contribution in [2.45, 2.75) is 12.8 Å². The van der Waals surface area contributed by atoms with E-state index in [4.69, 9.17) is 10.5 Å². The summed E-state index contributed by atoms with van der Waals surface area (Å²) in [6.07, 6.45) is 2.40. The van der Waals surface area contributed by atoms with Gasteiger partial charge in [-0.1, -0.05) is 30.3 Å². The monoisotopic (exact) mass is 303 g/mol. The van der Waals surface area contributed by atoms with Gasteiger partial charge in [-0.3, -0.25) is 0 Å². The van der Waals surface area contributed by atoms with Crippen LogP contribution >= 0.6 is 11.5 Å². The summed E-state index contributed by atoms with van der Waals surface area (Å²) in [5, 5.41) is 1.14. The van der Waals surface area contributed by atoms with Gasteiger partial charge < -0.3 is 15.4 Å². The number of nitrogens with zero attached hydrogens (tertiary/aromatic N) is 2. The van der Waals surface area contributed by atoms with Crippen LogP contribution in [0.15, 0.2) is 30.3 Å². The van der Waals surface area contributed by atoms with Crippen molar-refractivity contribution in [3.63, 3.8) is 0 Å². The molecule has 3 rings (SSSR count). The Balaban J connectivity index is 1.82. The van der Waals surface area contributed by atoms with Gasteiger partial charge in [-0.15, -0.1) is 0 Å². The molecule has 112 valence electrons. The normalized spacial score (nSPS) is 18.6. The molecule has 0 radical (unpaired) electrons. The second kappa shape index (κ2) is 6.45. The molecule has 1 aromatic carbocycles. The molecule has 0 bridgehead atoms. The van der Waals surface area contributed by atoms with E-state index in [2.05, 4.69) is 28.5 Å². The topological polar surface area (TPSA) is 51.4 Å². The summed E-state index contributed by atoms with van der Waals surface area (Å²) < 4.78 is 9.93. The van der Waals surface area contributed by atoms with Crippen LogP contribution < -0.4 is 10.6 Å². The summed E-state index contributed by atoms with van der Waals surface area (Å²) >= 11 is 1.48. The zero-order chi connectivity index (χ0) is 14.7. The van der Waals surface area contributed by atoms with Crippen molar-refractivity contribution in [1.82, 2.24) is 4.37 Å². The first-order valence-corrected chi connectivity index (χ1v) is 8.12. The molecule has 1 atom stereocenters. The van der Waals surface area contributed by atoms with Crippen molar-refractivity contribution in [1.29, 1.82) is 0 Å². The summed E-state index contributed by atoms with van der Waals surface area (Å²) in [7, 11) is 2.12. The summed E-state index contributed by atoms with van der Waals surface area (Å²) in [4.78, 5) is 2.27. The van der Waals surface area contributed by atoms with Gasteiger partial charge in [0.2, 0.25) is 0 Å². The molecule has 1 unspecified atom stereocenters. The lowest BCUT2D eigenvalue weighted by Gasteiger charge is -2.28. The summed E-state index contributed by atoms with van der Waals surface area (Å²) in [6, 6.07) is 10.3. The Kier molecular flexibility index (Phi) is 4.41. The molecular formula is C16H21N3OS. The molecule has 0 spiro atoms. The number of aromatic nitrogens is 1. The van der Waals surface area contributed by atoms with Crippen molar-refractivity contribution in [3.8, 4) is 11.1 Å². The lowest BCUT2D eigenvalue weighted by atomic mass is 10.0. The summed E-state index contributed by atoms with van der Waals surface area (Å²) in [5.74, 6) is 1.21. The van der Waals surface area contributed by atoms with E-state index in [1.54, 1.807) is 0 Å². The van der Waals surface area contributed by atoms with Gasteiger partial charge in [0.15, 0.2) is 0 Å². The maximum Gasteiger partial charge on any atom is 0.147 e. The maximum atomic E-state index is 6.09. The van der Waals surface area contributed by atoms with Crippen LogP contribution in [0.2, 0.25) is 0 Å². The van der Waals surface area contributed by atoms with Gasteiger partial charge in [-0.25, -0.2) is 0 Å². The van der Waals surface area contributed by atoms with Crippen molar-refractivity contribution >= 4 is 22.4 Å². The Labute approximate surface area is 129 Å². The number of hydrogen-bond acceptors (Lipinski definition) is 5. The Hall–Kier alpha value is -1.59. The summed E-state index contributed by atoms with van der Waals surface area (Å²) in [5.41, 5.74) is 8.28. The third kappa shape index (κ3) is 3.19. The van der Waals surface area contributed by atoms with Gasteiger partial charge in [0, 0.05) is 20.2 Å². The third-order valence-corrected chi connectivity index (χ3v) is 4.87. The van der Waals surface area contributed by atoms with Gasteiger partial charge in [-0.05, 0) is 35.9 Å². The van der Waals surface area contributed by atoms with E-state index >= 15 is 0 Å². The Morgan fingerprint density at radius 3 is 2.90 bits per heavy atom. The first-order valence-electron chi connectivity index (χ1n) is 7.35. The molecule has 2 N–H and O–H groups in total. The van der Waals surface area contributed by atoms with Crippen LogP contribution in [-0.2, 0) is 4.74 Å². The van der Waals surface area contributed by atoms with Crippen LogP contribution in [0.5, 0.6) is 0 Å². The molecule has 1 aliphatic heterocycles. The number of hydrogen-bond donors (Lipinski definition) is 1. The highest BCUT2D eigenvalue weighted by Gasteiger charge is 2.21. The van der Waals surface area contributed by atoms with Gasteiger partial charge in [0.05, 0.1) is 12.2 Å². The molecule has 0 saturated carbocycles. The van der Waals surface area contributed by atoms with Crippen LogP contribution in [0.25, 0.3) is 11.1 Å². The predicted octanol–water partition coefficient (Wildman–Crippen LogP) is 3.26. The van der Waals surface area contributed by atoms with Gasteiger partial charge >= 0.3 is 0 Å².